The summed E-state index contributed by atoms with van der Waals surface area (Å²) in [5.41, 5.74) is 5.13. The van der Waals surface area contributed by atoms with Gasteiger partial charge in [0.25, 0.3) is 0 Å². The molecule has 0 spiro atoms. The standard InChI is InChI=1S/C30H40N2O2/c1-5-31(6-2)18-10-20-33-23-14-15-24-25-12-9-13-27-29(34-21-11-19-32(7-3)8-4)17-16-26(30(25)27)28(24)22-23/h9,12-17,22H,5-8,10-11,18-21H2,1-4H3. The molecular formula is C30H40N2O2. The summed E-state index contributed by atoms with van der Waals surface area (Å²) in [6, 6.07) is 17.5. The molecule has 0 amide bonds. The maximum absolute atomic E-state index is 6.27. The summed E-state index contributed by atoms with van der Waals surface area (Å²) < 4.78 is 12.4. The second-order valence-corrected chi connectivity index (χ2v) is 9.00. The monoisotopic (exact) mass is 460 g/mol. The molecule has 0 unspecified atom stereocenters. The van der Waals surface area contributed by atoms with Crippen LogP contribution in [0.25, 0.3) is 33.0 Å². The number of nitrogens with zero attached hydrogens (tertiary/aromatic N) is 2. The van der Waals surface area contributed by atoms with Crippen molar-refractivity contribution in [3.05, 3.63) is 48.5 Å². The molecule has 1 aliphatic rings. The molecule has 1 aliphatic carbocycles. The van der Waals surface area contributed by atoms with Crippen molar-refractivity contribution < 1.29 is 9.47 Å². The Labute approximate surface area is 205 Å². The van der Waals surface area contributed by atoms with E-state index in [1.165, 1.54) is 33.0 Å². The van der Waals surface area contributed by atoms with E-state index in [4.69, 9.17) is 9.47 Å². The van der Waals surface area contributed by atoms with E-state index in [1.54, 1.807) is 0 Å². The summed E-state index contributed by atoms with van der Waals surface area (Å²) in [7, 11) is 0. The van der Waals surface area contributed by atoms with Crippen LogP contribution in [0.1, 0.15) is 40.5 Å². The van der Waals surface area contributed by atoms with Crippen molar-refractivity contribution in [2.75, 3.05) is 52.5 Å². The van der Waals surface area contributed by atoms with Crippen LogP contribution in [0.3, 0.4) is 0 Å². The van der Waals surface area contributed by atoms with E-state index in [2.05, 4.69) is 86.0 Å². The molecule has 0 saturated carbocycles. The molecule has 0 atom stereocenters. The van der Waals surface area contributed by atoms with Gasteiger partial charge >= 0.3 is 0 Å². The van der Waals surface area contributed by atoms with Gasteiger partial charge < -0.3 is 19.3 Å². The highest BCUT2D eigenvalue weighted by Gasteiger charge is 2.23. The molecule has 4 rings (SSSR count). The van der Waals surface area contributed by atoms with Crippen LogP contribution >= 0.6 is 0 Å². The van der Waals surface area contributed by atoms with E-state index in [-0.39, 0.29) is 0 Å². The van der Waals surface area contributed by atoms with Gasteiger partial charge in [-0.3, -0.25) is 0 Å². The zero-order valence-corrected chi connectivity index (χ0v) is 21.4. The van der Waals surface area contributed by atoms with Gasteiger partial charge in [0, 0.05) is 23.9 Å². The maximum atomic E-state index is 6.27. The third kappa shape index (κ3) is 5.24. The molecule has 0 N–H and O–H groups in total. The van der Waals surface area contributed by atoms with Crippen LogP contribution in [0.2, 0.25) is 0 Å². The fraction of sp³-hybridized carbons (Fsp3) is 0.467. The first kappa shape index (κ1) is 24.6. The van der Waals surface area contributed by atoms with E-state index in [1.807, 2.05) is 0 Å². The highest BCUT2D eigenvalue weighted by Crippen LogP contribution is 2.50. The number of hydrogen-bond donors (Lipinski definition) is 0. The summed E-state index contributed by atoms with van der Waals surface area (Å²) in [6.07, 6.45) is 2.09. The normalized spacial score (nSPS) is 12.1. The third-order valence-corrected chi connectivity index (χ3v) is 7.12. The molecule has 3 aromatic rings. The van der Waals surface area contributed by atoms with E-state index in [0.29, 0.717) is 0 Å². The molecule has 0 aliphatic heterocycles. The van der Waals surface area contributed by atoms with Crippen molar-refractivity contribution in [1.29, 1.82) is 0 Å². The van der Waals surface area contributed by atoms with Gasteiger partial charge in [-0.25, -0.2) is 0 Å². The molecule has 0 fully saturated rings. The van der Waals surface area contributed by atoms with Crippen molar-refractivity contribution in [1.82, 2.24) is 9.80 Å². The average Bonchev–Trinajstić information content (AvgIpc) is 3.20. The van der Waals surface area contributed by atoms with Gasteiger partial charge in [0.05, 0.1) is 13.2 Å². The van der Waals surface area contributed by atoms with Gasteiger partial charge in [0.2, 0.25) is 0 Å². The Bertz CT molecular complexity index is 1090. The highest BCUT2D eigenvalue weighted by atomic mass is 16.5. The van der Waals surface area contributed by atoms with Crippen LogP contribution in [0.5, 0.6) is 11.5 Å². The summed E-state index contributed by atoms with van der Waals surface area (Å²) in [5, 5.41) is 2.51. The minimum atomic E-state index is 0.744. The molecule has 3 aromatic carbocycles. The Morgan fingerprint density at radius 3 is 1.91 bits per heavy atom. The third-order valence-electron chi connectivity index (χ3n) is 7.12. The second kappa shape index (κ2) is 11.7. The lowest BCUT2D eigenvalue weighted by atomic mass is 10.0. The summed E-state index contributed by atoms with van der Waals surface area (Å²) in [4.78, 5) is 4.88. The van der Waals surface area contributed by atoms with Crippen LogP contribution in [-0.4, -0.2) is 62.3 Å². The summed E-state index contributed by atoms with van der Waals surface area (Å²) in [6.45, 7) is 16.9. The molecule has 0 heterocycles. The Hall–Kier alpha value is -2.56. The minimum Gasteiger partial charge on any atom is -0.494 e. The maximum Gasteiger partial charge on any atom is 0.127 e. The number of ether oxygens (including phenoxy) is 2. The summed E-state index contributed by atoms with van der Waals surface area (Å²) >= 11 is 0. The quantitative estimate of drug-likeness (QED) is 0.195. The Morgan fingerprint density at radius 2 is 1.24 bits per heavy atom. The van der Waals surface area contributed by atoms with Gasteiger partial charge in [0.1, 0.15) is 11.5 Å². The fourth-order valence-electron chi connectivity index (χ4n) is 5.05. The summed E-state index contributed by atoms with van der Waals surface area (Å²) in [5.74, 6) is 1.94. The zero-order valence-electron chi connectivity index (χ0n) is 21.4. The molecule has 0 saturated heterocycles. The van der Waals surface area contributed by atoms with Crippen molar-refractivity contribution in [3.63, 3.8) is 0 Å². The van der Waals surface area contributed by atoms with Gasteiger partial charge in [-0.1, -0.05) is 58.0 Å². The van der Waals surface area contributed by atoms with Crippen LogP contribution in [0.4, 0.5) is 0 Å². The lowest BCUT2D eigenvalue weighted by molar-refractivity contribution is 0.249. The molecule has 0 radical (unpaired) electrons. The first-order chi connectivity index (χ1) is 16.7. The highest BCUT2D eigenvalue weighted by molar-refractivity contribution is 6.16. The lowest BCUT2D eigenvalue weighted by Crippen LogP contribution is -2.25. The number of benzene rings is 3. The molecule has 0 aromatic heterocycles. The van der Waals surface area contributed by atoms with Gasteiger partial charge in [-0.2, -0.15) is 0 Å². The molecular weight excluding hydrogens is 420 g/mol. The van der Waals surface area contributed by atoms with Gasteiger partial charge in [-0.15, -0.1) is 0 Å². The van der Waals surface area contributed by atoms with Crippen LogP contribution in [0.15, 0.2) is 48.5 Å². The SMILES string of the molecule is CCN(CC)CCCOc1ccc2c(c1)-c1ccc(OCCCN(CC)CC)c3cccc-2c13. The van der Waals surface area contributed by atoms with Crippen molar-refractivity contribution in [2.24, 2.45) is 0 Å². The Balaban J connectivity index is 1.47. The number of hydrogen-bond acceptors (Lipinski definition) is 4. The number of rotatable bonds is 14. The predicted octanol–water partition coefficient (Wildman–Crippen LogP) is 6.71. The second-order valence-electron chi connectivity index (χ2n) is 9.00. The largest absolute Gasteiger partial charge is 0.494 e. The van der Waals surface area contributed by atoms with E-state index < -0.39 is 0 Å². The zero-order chi connectivity index (χ0) is 23.9. The van der Waals surface area contributed by atoms with E-state index in [9.17, 15) is 0 Å². The topological polar surface area (TPSA) is 24.9 Å². The Morgan fingerprint density at radius 1 is 0.618 bits per heavy atom. The smallest absolute Gasteiger partial charge is 0.127 e. The average molecular weight is 461 g/mol. The predicted molar refractivity (Wildman–Crippen MR) is 144 cm³/mol. The fourth-order valence-corrected chi connectivity index (χ4v) is 5.05. The first-order valence-corrected chi connectivity index (χ1v) is 13.1. The first-order valence-electron chi connectivity index (χ1n) is 13.1. The minimum absolute atomic E-state index is 0.744. The Kier molecular flexibility index (Phi) is 8.47. The molecule has 34 heavy (non-hydrogen) atoms. The van der Waals surface area contributed by atoms with Crippen LogP contribution < -0.4 is 9.47 Å². The van der Waals surface area contributed by atoms with Crippen LogP contribution in [0, 0.1) is 0 Å². The molecule has 4 nitrogen and oxygen atoms in total. The van der Waals surface area contributed by atoms with E-state index in [0.717, 1.165) is 76.8 Å². The van der Waals surface area contributed by atoms with Gasteiger partial charge in [0.15, 0.2) is 0 Å². The van der Waals surface area contributed by atoms with Crippen molar-refractivity contribution >= 4 is 10.8 Å². The molecule has 4 heteroatoms. The lowest BCUT2D eigenvalue weighted by Gasteiger charge is -2.18. The molecule has 0 bridgehead atoms. The van der Waals surface area contributed by atoms with Crippen LogP contribution in [-0.2, 0) is 0 Å². The van der Waals surface area contributed by atoms with Gasteiger partial charge in [-0.05, 0) is 79.5 Å². The van der Waals surface area contributed by atoms with Crippen molar-refractivity contribution in [3.8, 4) is 33.8 Å². The van der Waals surface area contributed by atoms with E-state index >= 15 is 0 Å². The van der Waals surface area contributed by atoms with Crippen molar-refractivity contribution in [2.45, 2.75) is 40.5 Å². The molecule has 182 valence electrons. The number of fused-ring (bicyclic) bond motifs is 3.